The summed E-state index contributed by atoms with van der Waals surface area (Å²) in [5.74, 6) is -0.881. The number of carbonyl (C=O) groups is 1. The van der Waals surface area contributed by atoms with E-state index in [4.69, 9.17) is 9.84 Å². The monoisotopic (exact) mass is 144 g/mol. The van der Waals surface area contributed by atoms with E-state index in [0.29, 0.717) is 0 Å². The first-order valence-corrected chi connectivity index (χ1v) is 3.48. The van der Waals surface area contributed by atoms with E-state index >= 15 is 0 Å². The summed E-state index contributed by atoms with van der Waals surface area (Å²) in [6.45, 7) is 1.80. The van der Waals surface area contributed by atoms with E-state index in [0.717, 1.165) is 19.3 Å². The van der Waals surface area contributed by atoms with Gasteiger partial charge in [-0.25, -0.2) is 4.79 Å². The fourth-order valence-electron chi connectivity index (χ4n) is 1.05. The minimum absolute atomic E-state index is 0.127. The lowest BCUT2D eigenvalue weighted by Crippen LogP contribution is -2.38. The van der Waals surface area contributed by atoms with E-state index < -0.39 is 5.97 Å². The lowest BCUT2D eigenvalue weighted by atomic mass is 9.82. The predicted molar refractivity (Wildman–Crippen MR) is 35.8 cm³/mol. The van der Waals surface area contributed by atoms with Crippen LogP contribution in [0, 0.1) is 0 Å². The van der Waals surface area contributed by atoms with Gasteiger partial charge in [-0.3, -0.25) is 0 Å². The maximum Gasteiger partial charge on any atom is 0.329 e. The SMILES string of the molecule is CC1(OCC(=O)O)CCC1. The summed E-state index contributed by atoms with van der Waals surface area (Å²) >= 11 is 0. The molecule has 0 aliphatic heterocycles. The van der Waals surface area contributed by atoms with Crippen LogP contribution in [0.5, 0.6) is 0 Å². The summed E-state index contributed by atoms with van der Waals surface area (Å²) in [4.78, 5) is 10.1. The second kappa shape index (κ2) is 2.58. The van der Waals surface area contributed by atoms with Crippen molar-refractivity contribution in [2.75, 3.05) is 6.61 Å². The van der Waals surface area contributed by atoms with Gasteiger partial charge in [-0.1, -0.05) is 0 Å². The molecule has 1 saturated carbocycles. The van der Waals surface area contributed by atoms with Gasteiger partial charge in [0.1, 0.15) is 6.61 Å². The molecule has 0 unspecified atom stereocenters. The van der Waals surface area contributed by atoms with Gasteiger partial charge in [0, 0.05) is 0 Å². The lowest BCUT2D eigenvalue weighted by Gasteiger charge is -2.37. The predicted octanol–water partition coefficient (Wildman–Crippen LogP) is 1.03. The van der Waals surface area contributed by atoms with E-state index in [1.54, 1.807) is 0 Å². The Morgan fingerprint density at radius 3 is 2.60 bits per heavy atom. The molecule has 1 fully saturated rings. The second-order valence-electron chi connectivity index (χ2n) is 2.99. The molecule has 3 nitrogen and oxygen atoms in total. The standard InChI is InChI=1S/C7H12O3/c1-7(3-2-4-7)10-5-6(8)9/h2-5H2,1H3,(H,8,9). The van der Waals surface area contributed by atoms with E-state index in [2.05, 4.69) is 0 Å². The Hall–Kier alpha value is -0.570. The van der Waals surface area contributed by atoms with E-state index in [9.17, 15) is 4.79 Å². The lowest BCUT2D eigenvalue weighted by molar-refractivity contribution is -0.154. The number of rotatable bonds is 3. The molecule has 0 aromatic heterocycles. The zero-order valence-corrected chi connectivity index (χ0v) is 6.09. The van der Waals surface area contributed by atoms with Gasteiger partial charge in [0.2, 0.25) is 0 Å². The molecule has 1 aliphatic carbocycles. The largest absolute Gasteiger partial charge is 0.480 e. The molecule has 0 atom stereocenters. The Kier molecular flexibility index (Phi) is 1.94. The zero-order valence-electron chi connectivity index (χ0n) is 6.09. The molecule has 0 amide bonds. The minimum Gasteiger partial charge on any atom is -0.480 e. The van der Waals surface area contributed by atoms with Crippen LogP contribution in [0.15, 0.2) is 0 Å². The first-order chi connectivity index (χ1) is 4.62. The quantitative estimate of drug-likeness (QED) is 0.643. The number of hydrogen-bond acceptors (Lipinski definition) is 2. The van der Waals surface area contributed by atoms with Crippen molar-refractivity contribution >= 4 is 5.97 Å². The highest BCUT2D eigenvalue weighted by molar-refractivity contribution is 5.68. The average molecular weight is 144 g/mol. The molecular weight excluding hydrogens is 132 g/mol. The van der Waals surface area contributed by atoms with Crippen molar-refractivity contribution < 1.29 is 14.6 Å². The molecule has 58 valence electrons. The Balaban J connectivity index is 2.18. The fourth-order valence-corrected chi connectivity index (χ4v) is 1.05. The maximum atomic E-state index is 10.1. The summed E-state index contributed by atoms with van der Waals surface area (Å²) in [7, 11) is 0. The third-order valence-electron chi connectivity index (χ3n) is 1.96. The van der Waals surface area contributed by atoms with Gasteiger partial charge in [0.05, 0.1) is 5.60 Å². The van der Waals surface area contributed by atoms with Gasteiger partial charge < -0.3 is 9.84 Å². The molecule has 3 heteroatoms. The van der Waals surface area contributed by atoms with Gasteiger partial charge in [0.25, 0.3) is 0 Å². The molecule has 10 heavy (non-hydrogen) atoms. The average Bonchev–Trinajstić information content (AvgIpc) is 1.79. The zero-order chi connectivity index (χ0) is 7.61. The summed E-state index contributed by atoms with van der Waals surface area (Å²) < 4.78 is 5.13. The van der Waals surface area contributed by atoms with Crippen molar-refractivity contribution in [1.82, 2.24) is 0 Å². The molecule has 0 spiro atoms. The van der Waals surface area contributed by atoms with Crippen LogP contribution in [-0.2, 0) is 9.53 Å². The molecule has 0 aromatic carbocycles. The normalized spacial score (nSPS) is 21.7. The van der Waals surface area contributed by atoms with Gasteiger partial charge >= 0.3 is 5.97 Å². The molecule has 1 rings (SSSR count). The van der Waals surface area contributed by atoms with E-state index in [1.807, 2.05) is 6.92 Å². The molecule has 0 heterocycles. The van der Waals surface area contributed by atoms with Gasteiger partial charge in [0.15, 0.2) is 0 Å². The highest BCUT2D eigenvalue weighted by atomic mass is 16.5. The van der Waals surface area contributed by atoms with Crippen LogP contribution in [-0.4, -0.2) is 23.3 Å². The highest BCUT2D eigenvalue weighted by Crippen LogP contribution is 2.34. The van der Waals surface area contributed by atoms with Crippen LogP contribution in [0.1, 0.15) is 26.2 Å². The van der Waals surface area contributed by atoms with Gasteiger partial charge in [-0.2, -0.15) is 0 Å². The summed E-state index contributed by atoms with van der Waals surface area (Å²) in [6.07, 6.45) is 3.16. The molecular formula is C7H12O3. The number of aliphatic carboxylic acids is 1. The third-order valence-corrected chi connectivity index (χ3v) is 1.96. The minimum atomic E-state index is -0.881. The first-order valence-electron chi connectivity index (χ1n) is 3.48. The smallest absolute Gasteiger partial charge is 0.329 e. The van der Waals surface area contributed by atoms with Crippen LogP contribution < -0.4 is 0 Å². The van der Waals surface area contributed by atoms with Crippen LogP contribution in [0.2, 0.25) is 0 Å². The Morgan fingerprint density at radius 1 is 1.70 bits per heavy atom. The number of carboxylic acids is 1. The fraction of sp³-hybridized carbons (Fsp3) is 0.857. The first kappa shape index (κ1) is 7.54. The van der Waals surface area contributed by atoms with Crippen molar-refractivity contribution in [3.63, 3.8) is 0 Å². The molecule has 0 radical (unpaired) electrons. The summed E-state index contributed by atoms with van der Waals surface area (Å²) in [6, 6.07) is 0. The van der Waals surface area contributed by atoms with Crippen molar-refractivity contribution in [3.8, 4) is 0 Å². The number of hydrogen-bond donors (Lipinski definition) is 1. The van der Waals surface area contributed by atoms with E-state index in [1.165, 1.54) is 0 Å². The number of ether oxygens (including phenoxy) is 1. The number of carboxylic acid groups (broad SMARTS) is 1. The van der Waals surface area contributed by atoms with Crippen molar-refractivity contribution in [3.05, 3.63) is 0 Å². The van der Waals surface area contributed by atoms with Crippen LogP contribution in [0.25, 0.3) is 0 Å². The third kappa shape index (κ3) is 1.70. The Morgan fingerprint density at radius 2 is 2.30 bits per heavy atom. The molecule has 0 saturated heterocycles. The van der Waals surface area contributed by atoms with Crippen LogP contribution >= 0.6 is 0 Å². The van der Waals surface area contributed by atoms with E-state index in [-0.39, 0.29) is 12.2 Å². The molecule has 1 N–H and O–H groups in total. The van der Waals surface area contributed by atoms with Crippen LogP contribution in [0.3, 0.4) is 0 Å². The Bertz CT molecular complexity index is 138. The van der Waals surface area contributed by atoms with Crippen molar-refractivity contribution in [2.45, 2.75) is 31.8 Å². The Labute approximate surface area is 60.0 Å². The van der Waals surface area contributed by atoms with Gasteiger partial charge in [-0.15, -0.1) is 0 Å². The van der Waals surface area contributed by atoms with Gasteiger partial charge in [-0.05, 0) is 26.2 Å². The van der Waals surface area contributed by atoms with Crippen molar-refractivity contribution in [1.29, 1.82) is 0 Å². The van der Waals surface area contributed by atoms with Crippen LogP contribution in [0.4, 0.5) is 0 Å². The van der Waals surface area contributed by atoms with Crippen molar-refractivity contribution in [2.24, 2.45) is 0 Å². The summed E-state index contributed by atoms with van der Waals surface area (Å²) in [5, 5.41) is 8.27. The maximum absolute atomic E-state index is 10.1. The second-order valence-corrected chi connectivity index (χ2v) is 2.99. The molecule has 0 bridgehead atoms. The topological polar surface area (TPSA) is 46.5 Å². The molecule has 1 aliphatic rings. The highest BCUT2D eigenvalue weighted by Gasteiger charge is 2.32. The molecule has 0 aromatic rings. The summed E-state index contributed by atoms with van der Waals surface area (Å²) in [5.41, 5.74) is -0.127.